The average molecular weight is 471 g/mol. The van der Waals surface area contributed by atoms with Gasteiger partial charge in [0.1, 0.15) is 12.4 Å². The number of primary sulfonamides is 1. The Morgan fingerprint density at radius 2 is 1.82 bits per heavy atom. The molecule has 0 unspecified atom stereocenters. The van der Waals surface area contributed by atoms with Crippen LogP contribution in [0.15, 0.2) is 41.3 Å². The number of carbonyl (C=O) groups excluding carboxylic acids is 3. The Morgan fingerprint density at radius 3 is 2.52 bits per heavy atom. The van der Waals surface area contributed by atoms with Crippen molar-refractivity contribution >= 4 is 38.8 Å². The van der Waals surface area contributed by atoms with Crippen molar-refractivity contribution in [3.05, 3.63) is 58.9 Å². The molecule has 0 spiro atoms. The lowest BCUT2D eigenvalue weighted by molar-refractivity contribution is 0.0458. The van der Waals surface area contributed by atoms with Crippen molar-refractivity contribution < 1.29 is 27.5 Å². The molecule has 1 aliphatic rings. The molecule has 0 fully saturated rings. The van der Waals surface area contributed by atoms with Crippen LogP contribution >= 0.6 is 0 Å². The van der Waals surface area contributed by atoms with E-state index in [1.54, 1.807) is 6.07 Å². The Kier molecular flexibility index (Phi) is 5.76. The highest BCUT2D eigenvalue weighted by atomic mass is 32.2. The third-order valence-electron chi connectivity index (χ3n) is 5.52. The molecule has 2 amide bonds. The van der Waals surface area contributed by atoms with Crippen molar-refractivity contribution in [2.24, 2.45) is 5.14 Å². The normalized spacial score (nSPS) is 13.6. The zero-order valence-corrected chi connectivity index (χ0v) is 18.9. The van der Waals surface area contributed by atoms with E-state index in [4.69, 9.17) is 9.88 Å². The maximum absolute atomic E-state index is 12.6. The monoisotopic (exact) mass is 470 g/mol. The van der Waals surface area contributed by atoms with Gasteiger partial charge in [0.15, 0.2) is 0 Å². The minimum Gasteiger partial charge on any atom is -0.454 e. The molecule has 0 saturated carbocycles. The van der Waals surface area contributed by atoms with E-state index in [1.807, 2.05) is 11.5 Å². The van der Waals surface area contributed by atoms with Gasteiger partial charge in [-0.15, -0.1) is 0 Å². The number of imidazole rings is 1. The number of fused-ring (bicyclic) bond motifs is 2. The highest BCUT2D eigenvalue weighted by molar-refractivity contribution is 7.89. The van der Waals surface area contributed by atoms with Gasteiger partial charge in [0.25, 0.3) is 11.8 Å². The van der Waals surface area contributed by atoms with Crippen LogP contribution in [0.3, 0.4) is 0 Å². The average Bonchev–Trinajstić information content (AvgIpc) is 3.24. The van der Waals surface area contributed by atoms with E-state index in [-0.39, 0.29) is 28.2 Å². The van der Waals surface area contributed by atoms with Crippen molar-refractivity contribution in [3.8, 4) is 0 Å². The van der Waals surface area contributed by atoms with Gasteiger partial charge in [0.2, 0.25) is 10.0 Å². The summed E-state index contributed by atoms with van der Waals surface area (Å²) in [7, 11) is -2.50. The van der Waals surface area contributed by atoms with Crippen LogP contribution in [0.5, 0.6) is 0 Å². The SMILES string of the molecule is CCCCn1c(COC(=O)c2ccc3c(c2)C(=O)N(C)C3=O)nc2cc(S(N)(=O)=O)ccc21. The molecule has 1 aliphatic heterocycles. The molecular weight excluding hydrogens is 448 g/mol. The van der Waals surface area contributed by atoms with Crippen molar-refractivity contribution in [2.75, 3.05) is 7.05 Å². The lowest BCUT2D eigenvalue weighted by atomic mass is 10.1. The number of unbranched alkanes of at least 4 members (excludes halogenated alkanes) is 1. The van der Waals surface area contributed by atoms with Crippen LogP contribution in [-0.4, -0.2) is 47.7 Å². The Balaban J connectivity index is 1.60. The van der Waals surface area contributed by atoms with Gasteiger partial charge in [-0.1, -0.05) is 13.3 Å². The van der Waals surface area contributed by atoms with E-state index in [0.29, 0.717) is 23.4 Å². The smallest absolute Gasteiger partial charge is 0.338 e. The topological polar surface area (TPSA) is 142 Å². The molecule has 0 atom stereocenters. The van der Waals surface area contributed by atoms with Gasteiger partial charge in [-0.3, -0.25) is 14.5 Å². The first-order valence-corrected chi connectivity index (χ1v) is 11.8. The van der Waals surface area contributed by atoms with Crippen LogP contribution in [-0.2, 0) is 27.9 Å². The number of ether oxygens (including phenoxy) is 1. The Labute approximate surface area is 190 Å². The summed E-state index contributed by atoms with van der Waals surface area (Å²) in [6.07, 6.45) is 1.77. The summed E-state index contributed by atoms with van der Waals surface area (Å²) in [6.45, 7) is 2.48. The van der Waals surface area contributed by atoms with Gasteiger partial charge in [0.05, 0.1) is 32.6 Å². The minimum atomic E-state index is -3.88. The fourth-order valence-corrected chi connectivity index (χ4v) is 4.25. The fourth-order valence-electron chi connectivity index (χ4n) is 3.71. The van der Waals surface area contributed by atoms with E-state index in [0.717, 1.165) is 17.7 Å². The molecule has 0 radical (unpaired) electrons. The second kappa shape index (κ2) is 8.41. The molecule has 0 aliphatic carbocycles. The molecule has 1 aromatic heterocycles. The van der Waals surface area contributed by atoms with Gasteiger partial charge in [0, 0.05) is 13.6 Å². The highest BCUT2D eigenvalue weighted by Crippen LogP contribution is 2.24. The van der Waals surface area contributed by atoms with Crippen LogP contribution in [0.2, 0.25) is 0 Å². The molecule has 2 N–H and O–H groups in total. The quantitative estimate of drug-likeness (QED) is 0.411. The van der Waals surface area contributed by atoms with Gasteiger partial charge in [-0.2, -0.15) is 0 Å². The van der Waals surface area contributed by atoms with Crippen LogP contribution in [0.1, 0.15) is 56.7 Å². The number of imide groups is 1. The van der Waals surface area contributed by atoms with E-state index in [2.05, 4.69) is 4.98 Å². The van der Waals surface area contributed by atoms with E-state index >= 15 is 0 Å². The van der Waals surface area contributed by atoms with Crippen LogP contribution in [0, 0.1) is 0 Å². The third-order valence-corrected chi connectivity index (χ3v) is 6.43. The molecule has 0 saturated heterocycles. The summed E-state index contributed by atoms with van der Waals surface area (Å²) in [5, 5.41) is 5.22. The first-order valence-electron chi connectivity index (χ1n) is 10.3. The predicted octanol–water partition coefficient (Wildman–Crippen LogP) is 2.07. The van der Waals surface area contributed by atoms with Gasteiger partial charge >= 0.3 is 5.97 Å². The molecule has 2 aromatic carbocycles. The van der Waals surface area contributed by atoms with Crippen molar-refractivity contribution in [1.29, 1.82) is 0 Å². The number of hydrogen-bond acceptors (Lipinski definition) is 7. The maximum atomic E-state index is 12.6. The molecule has 4 rings (SSSR count). The fraction of sp³-hybridized carbons (Fsp3) is 0.273. The zero-order valence-electron chi connectivity index (χ0n) is 18.1. The van der Waals surface area contributed by atoms with E-state index < -0.39 is 27.8 Å². The van der Waals surface area contributed by atoms with Crippen LogP contribution in [0.4, 0.5) is 0 Å². The summed E-state index contributed by atoms with van der Waals surface area (Å²) in [6, 6.07) is 8.64. The number of rotatable bonds is 7. The lowest BCUT2D eigenvalue weighted by Crippen LogP contribution is -2.24. The molecule has 10 nitrogen and oxygen atoms in total. The zero-order chi connectivity index (χ0) is 23.9. The van der Waals surface area contributed by atoms with E-state index in [1.165, 1.54) is 37.4 Å². The third kappa shape index (κ3) is 4.12. The summed E-state index contributed by atoms with van der Waals surface area (Å²) in [5.74, 6) is -1.12. The summed E-state index contributed by atoms with van der Waals surface area (Å²) in [4.78, 5) is 42.3. The number of carbonyl (C=O) groups is 3. The number of nitrogens with zero attached hydrogens (tertiary/aromatic N) is 3. The van der Waals surface area contributed by atoms with Gasteiger partial charge < -0.3 is 9.30 Å². The standard InChI is InChI=1S/C22H22N4O6S/c1-3-4-9-26-18-8-6-14(33(23,30)31)11-17(18)24-19(26)12-32-22(29)13-5-7-15-16(10-13)21(28)25(2)20(15)27/h5-8,10-11H,3-4,9,12H2,1-2H3,(H2,23,30,31). The van der Waals surface area contributed by atoms with Gasteiger partial charge in [-0.05, 0) is 42.8 Å². The molecule has 0 bridgehead atoms. The highest BCUT2D eigenvalue weighted by Gasteiger charge is 2.33. The van der Waals surface area contributed by atoms with Crippen molar-refractivity contribution in [1.82, 2.24) is 14.5 Å². The molecule has 2 heterocycles. The second-order valence-corrected chi connectivity index (χ2v) is 9.30. The number of sulfonamides is 1. The summed E-state index contributed by atoms with van der Waals surface area (Å²) >= 11 is 0. The van der Waals surface area contributed by atoms with Crippen LogP contribution < -0.4 is 5.14 Å². The second-order valence-electron chi connectivity index (χ2n) is 7.73. The largest absolute Gasteiger partial charge is 0.454 e. The summed E-state index contributed by atoms with van der Waals surface area (Å²) < 4.78 is 30.7. The molecular formula is C22H22N4O6S. The molecule has 33 heavy (non-hydrogen) atoms. The molecule has 11 heteroatoms. The number of hydrogen-bond donors (Lipinski definition) is 1. The lowest BCUT2D eigenvalue weighted by Gasteiger charge is -2.10. The number of aryl methyl sites for hydroxylation is 1. The number of amides is 2. The van der Waals surface area contributed by atoms with Crippen molar-refractivity contribution in [3.63, 3.8) is 0 Å². The van der Waals surface area contributed by atoms with Crippen LogP contribution in [0.25, 0.3) is 11.0 Å². The summed E-state index contributed by atoms with van der Waals surface area (Å²) in [5.41, 5.74) is 1.66. The Morgan fingerprint density at radius 1 is 1.09 bits per heavy atom. The number of nitrogens with two attached hydrogens (primary N) is 1. The molecule has 172 valence electrons. The predicted molar refractivity (Wildman–Crippen MR) is 118 cm³/mol. The molecule has 3 aromatic rings. The number of benzene rings is 2. The first-order chi connectivity index (χ1) is 15.6. The minimum absolute atomic E-state index is 0.0546. The number of esters is 1. The Bertz CT molecular complexity index is 1410. The van der Waals surface area contributed by atoms with E-state index in [9.17, 15) is 22.8 Å². The van der Waals surface area contributed by atoms with Crippen molar-refractivity contribution in [2.45, 2.75) is 37.8 Å². The maximum Gasteiger partial charge on any atom is 0.338 e. The Hall–Kier alpha value is -3.57. The van der Waals surface area contributed by atoms with Gasteiger partial charge in [-0.25, -0.2) is 23.3 Å². The number of aromatic nitrogens is 2. The first kappa shape index (κ1) is 22.6.